The zero-order valence-corrected chi connectivity index (χ0v) is 19.3. The largest absolute Gasteiger partial charge is 0.462 e. The van der Waals surface area contributed by atoms with Crippen LogP contribution in [0.25, 0.3) is 17.4 Å². The van der Waals surface area contributed by atoms with E-state index in [4.69, 9.17) is 9.15 Å². The lowest BCUT2D eigenvalue weighted by molar-refractivity contribution is -0.137. The summed E-state index contributed by atoms with van der Waals surface area (Å²) in [5.74, 6) is -0.985. The van der Waals surface area contributed by atoms with Gasteiger partial charge >= 0.3 is 12.1 Å². The van der Waals surface area contributed by atoms with Gasteiger partial charge in [0.1, 0.15) is 28.5 Å². The summed E-state index contributed by atoms with van der Waals surface area (Å²) < 4.78 is 49.5. The summed E-state index contributed by atoms with van der Waals surface area (Å²) in [6, 6.07) is 11.2. The minimum Gasteiger partial charge on any atom is -0.462 e. The lowest BCUT2D eigenvalue weighted by Gasteiger charge is -2.07. The van der Waals surface area contributed by atoms with Gasteiger partial charge in [0.15, 0.2) is 5.78 Å². The monoisotopic (exact) mass is 498 g/mol. The summed E-state index contributed by atoms with van der Waals surface area (Å²) in [5.41, 5.74) is -0.351. The van der Waals surface area contributed by atoms with E-state index in [0.717, 1.165) is 23.5 Å². The van der Waals surface area contributed by atoms with Crippen LogP contribution in [-0.4, -0.2) is 18.4 Å². The van der Waals surface area contributed by atoms with Crippen molar-refractivity contribution in [2.75, 3.05) is 6.61 Å². The van der Waals surface area contributed by atoms with Crippen molar-refractivity contribution in [2.24, 2.45) is 0 Å². The van der Waals surface area contributed by atoms with Crippen molar-refractivity contribution in [1.82, 2.24) is 0 Å². The molecule has 0 fully saturated rings. The highest BCUT2D eigenvalue weighted by Gasteiger charge is 2.30. The molecule has 0 atom stereocenters. The number of benzene rings is 1. The number of carbonyl (C=O) groups excluding carboxylic acids is 2. The number of carbonyl (C=O) groups is 2. The first-order valence-corrected chi connectivity index (χ1v) is 11.0. The molecule has 0 unspecified atom stereocenters. The van der Waals surface area contributed by atoms with E-state index in [9.17, 15) is 33.3 Å². The number of rotatable bonds is 7. The van der Waals surface area contributed by atoms with Crippen molar-refractivity contribution in [2.45, 2.75) is 26.4 Å². The Morgan fingerprint density at radius 3 is 2.57 bits per heavy atom. The van der Waals surface area contributed by atoms with Gasteiger partial charge in [0, 0.05) is 22.9 Å². The average molecular weight is 498 g/mol. The van der Waals surface area contributed by atoms with Gasteiger partial charge in [-0.25, -0.2) is 4.79 Å². The molecule has 1 aromatic carbocycles. The minimum atomic E-state index is -4.51. The number of ketones is 1. The van der Waals surface area contributed by atoms with E-state index < -0.39 is 23.5 Å². The summed E-state index contributed by atoms with van der Waals surface area (Å²) in [6.07, 6.45) is -3.63. The van der Waals surface area contributed by atoms with Crippen molar-refractivity contribution >= 4 is 29.2 Å². The molecule has 35 heavy (non-hydrogen) atoms. The van der Waals surface area contributed by atoms with Crippen LogP contribution in [0.3, 0.4) is 0 Å². The third-order valence-corrected chi connectivity index (χ3v) is 6.19. The quantitative estimate of drug-likeness (QED) is 0.221. The number of nitriles is 2. The Bertz CT molecular complexity index is 1400. The van der Waals surface area contributed by atoms with Gasteiger partial charge in [-0.15, -0.1) is 11.3 Å². The molecule has 0 bridgehead atoms. The molecule has 0 N–H and O–H groups in total. The molecule has 10 heteroatoms. The molecular weight excluding hydrogens is 481 g/mol. The van der Waals surface area contributed by atoms with Crippen LogP contribution in [0.2, 0.25) is 0 Å². The molecule has 2 aromatic heterocycles. The normalized spacial score (nSPS) is 11.6. The first kappa shape index (κ1) is 25.5. The van der Waals surface area contributed by atoms with E-state index in [2.05, 4.69) is 0 Å². The maximum absolute atomic E-state index is 13.0. The van der Waals surface area contributed by atoms with E-state index in [1.165, 1.54) is 30.3 Å². The molecule has 0 aliphatic heterocycles. The van der Waals surface area contributed by atoms with Crippen molar-refractivity contribution in [3.8, 4) is 23.5 Å². The van der Waals surface area contributed by atoms with E-state index in [-0.39, 0.29) is 46.1 Å². The van der Waals surface area contributed by atoms with Crippen molar-refractivity contribution < 1.29 is 31.9 Å². The van der Waals surface area contributed by atoms with Gasteiger partial charge in [0.25, 0.3) is 0 Å². The van der Waals surface area contributed by atoms with E-state index in [0.29, 0.717) is 10.4 Å². The van der Waals surface area contributed by atoms with Crippen LogP contribution >= 0.6 is 11.3 Å². The van der Waals surface area contributed by atoms with E-state index in [1.807, 2.05) is 6.07 Å². The molecule has 0 radical (unpaired) electrons. The van der Waals surface area contributed by atoms with Crippen LogP contribution in [0.4, 0.5) is 13.2 Å². The van der Waals surface area contributed by atoms with Gasteiger partial charge in [-0.05, 0) is 43.7 Å². The maximum Gasteiger partial charge on any atom is 0.416 e. The molecule has 0 saturated heterocycles. The molecule has 178 valence electrons. The van der Waals surface area contributed by atoms with Gasteiger partial charge in [0.05, 0.1) is 23.3 Å². The number of allylic oxidation sites excluding steroid dienone is 1. The number of thiophene rings is 1. The van der Waals surface area contributed by atoms with Crippen LogP contribution in [0.1, 0.15) is 43.9 Å². The van der Waals surface area contributed by atoms with Crippen LogP contribution in [-0.2, 0) is 22.1 Å². The molecule has 2 heterocycles. The number of hydrogen-bond acceptors (Lipinski definition) is 7. The van der Waals surface area contributed by atoms with Crippen molar-refractivity contribution in [3.05, 3.63) is 74.2 Å². The highest BCUT2D eigenvalue weighted by molar-refractivity contribution is 7.14. The Kier molecular flexibility index (Phi) is 7.58. The van der Waals surface area contributed by atoms with Crippen molar-refractivity contribution in [1.29, 1.82) is 10.5 Å². The Hall–Kier alpha value is -4.15. The molecule has 0 saturated carbocycles. The van der Waals surface area contributed by atoms with Crippen LogP contribution in [0, 0.1) is 29.6 Å². The number of esters is 1. The highest BCUT2D eigenvalue weighted by Crippen LogP contribution is 2.33. The van der Waals surface area contributed by atoms with Gasteiger partial charge < -0.3 is 9.15 Å². The zero-order chi connectivity index (χ0) is 25.8. The summed E-state index contributed by atoms with van der Waals surface area (Å²) in [6.45, 7) is 3.38. The summed E-state index contributed by atoms with van der Waals surface area (Å²) in [5, 5.41) is 19.0. The number of ether oxygens (including phenoxy) is 1. The van der Waals surface area contributed by atoms with E-state index >= 15 is 0 Å². The fourth-order valence-corrected chi connectivity index (χ4v) is 4.38. The highest BCUT2D eigenvalue weighted by atomic mass is 32.1. The number of hydrogen-bond donors (Lipinski definition) is 0. The lowest BCUT2D eigenvalue weighted by atomic mass is 10.0. The Morgan fingerprint density at radius 2 is 1.94 bits per heavy atom. The van der Waals surface area contributed by atoms with Crippen molar-refractivity contribution in [3.63, 3.8) is 0 Å². The number of furan rings is 1. The van der Waals surface area contributed by atoms with Gasteiger partial charge in [-0.1, -0.05) is 12.1 Å². The fraction of sp³-hybridized carbons (Fsp3) is 0.200. The third kappa shape index (κ3) is 5.68. The predicted molar refractivity (Wildman–Crippen MR) is 121 cm³/mol. The fourth-order valence-electron chi connectivity index (χ4n) is 3.23. The van der Waals surface area contributed by atoms with Gasteiger partial charge in [0.2, 0.25) is 0 Å². The number of halogens is 3. The van der Waals surface area contributed by atoms with Gasteiger partial charge in [-0.3, -0.25) is 4.79 Å². The molecule has 3 rings (SSSR count). The Labute approximate surface area is 202 Å². The second-order valence-corrected chi connectivity index (χ2v) is 8.34. The molecule has 0 spiro atoms. The third-order valence-electron chi connectivity index (χ3n) is 4.92. The molecule has 6 nitrogen and oxygen atoms in total. The molecule has 0 aliphatic rings. The topological polar surface area (TPSA) is 104 Å². The lowest BCUT2D eigenvalue weighted by Crippen LogP contribution is -2.05. The first-order valence-electron chi connectivity index (χ1n) is 10.2. The predicted octanol–water partition coefficient (Wildman–Crippen LogP) is 6.10. The number of nitrogens with zero attached hydrogens (tertiary/aromatic N) is 2. The summed E-state index contributed by atoms with van der Waals surface area (Å²) in [4.78, 5) is 25.4. The smallest absolute Gasteiger partial charge is 0.416 e. The second-order valence-electron chi connectivity index (χ2n) is 7.24. The summed E-state index contributed by atoms with van der Waals surface area (Å²) in [7, 11) is 0. The minimum absolute atomic E-state index is 0.0948. The Morgan fingerprint density at radius 1 is 1.20 bits per heavy atom. The number of Topliss-reactive ketones (excluding diaryl/α,β-unsaturated/α-hetero) is 1. The standard InChI is InChI=1S/C25H17F3N2O4S/c1-3-33-24(32)23-14(2)19(13-30)22(35-23)11-20(31)16(12-29)10-18-7-8-21(34-18)15-5-4-6-17(9-15)25(26,27)28/h4-10H,3,11H2,1-2H3/b16-10+. The second kappa shape index (κ2) is 10.4. The van der Waals surface area contributed by atoms with E-state index in [1.54, 1.807) is 19.9 Å². The van der Waals surface area contributed by atoms with Crippen LogP contribution < -0.4 is 0 Å². The maximum atomic E-state index is 13.0. The van der Waals surface area contributed by atoms with Crippen LogP contribution in [0.15, 0.2) is 46.4 Å². The average Bonchev–Trinajstić information content (AvgIpc) is 3.41. The Balaban J connectivity index is 1.86. The molecule has 3 aromatic rings. The molecular formula is C25H17F3N2O4S. The molecule has 0 aliphatic carbocycles. The number of alkyl halides is 3. The molecule has 0 amide bonds. The summed E-state index contributed by atoms with van der Waals surface area (Å²) >= 11 is 0.956. The van der Waals surface area contributed by atoms with Crippen LogP contribution in [0.5, 0.6) is 0 Å². The first-order chi connectivity index (χ1) is 16.6. The zero-order valence-electron chi connectivity index (χ0n) is 18.5. The van der Waals surface area contributed by atoms with Gasteiger partial charge in [-0.2, -0.15) is 23.7 Å². The SMILES string of the molecule is CCOC(=O)c1sc(CC(=O)/C(C#N)=C/c2ccc(-c3cccc(C(F)(F)F)c3)o2)c(C#N)c1C.